The second kappa shape index (κ2) is 2.01. The number of nitrogens with zero attached hydrogens (tertiary/aromatic N) is 1. The Balaban J connectivity index is 2.88. The van der Waals surface area contributed by atoms with Crippen LogP contribution in [0.1, 0.15) is 20.8 Å². The molecular weight excluding hydrogens is 126 g/mol. The Labute approximate surface area is 61.0 Å². The number of guanidine groups is 1. The molecule has 3 nitrogen and oxygen atoms in total. The fourth-order valence-electron chi connectivity index (χ4n) is 1.14. The number of nitrogens with one attached hydrogen (secondary N) is 1. The summed E-state index contributed by atoms with van der Waals surface area (Å²) in [5.41, 5.74) is 6.43. The molecule has 0 aliphatic carbocycles. The standard InChI is InChI=1S/C7H13N3/c1-5-4-7(2,3)10-6(8)9-5/h4H,1-3H3,(H3,8,9,10). The molecule has 1 aliphatic rings. The molecule has 3 heteroatoms. The van der Waals surface area contributed by atoms with Gasteiger partial charge in [-0.1, -0.05) is 0 Å². The van der Waals surface area contributed by atoms with Gasteiger partial charge in [-0.25, -0.2) is 4.99 Å². The highest BCUT2D eigenvalue weighted by atomic mass is 15.1. The van der Waals surface area contributed by atoms with Gasteiger partial charge in [-0.3, -0.25) is 0 Å². The second-order valence-corrected chi connectivity index (χ2v) is 3.10. The van der Waals surface area contributed by atoms with Gasteiger partial charge in [0.15, 0.2) is 5.96 Å². The minimum absolute atomic E-state index is 0.139. The van der Waals surface area contributed by atoms with E-state index in [1.54, 1.807) is 0 Å². The van der Waals surface area contributed by atoms with Crippen LogP contribution in [-0.4, -0.2) is 11.5 Å². The lowest BCUT2D eigenvalue weighted by atomic mass is 10.0. The SMILES string of the molecule is CC1=CC(C)(C)N=C(N)N1. The van der Waals surface area contributed by atoms with Gasteiger partial charge in [-0.05, 0) is 26.8 Å². The van der Waals surface area contributed by atoms with Gasteiger partial charge in [-0.2, -0.15) is 0 Å². The fourth-order valence-corrected chi connectivity index (χ4v) is 1.14. The third-order valence-corrected chi connectivity index (χ3v) is 1.30. The molecule has 10 heavy (non-hydrogen) atoms. The molecule has 3 N–H and O–H groups in total. The van der Waals surface area contributed by atoms with Crippen LogP contribution in [0.3, 0.4) is 0 Å². The first-order valence-corrected chi connectivity index (χ1v) is 3.31. The molecule has 0 radical (unpaired) electrons. The van der Waals surface area contributed by atoms with E-state index < -0.39 is 0 Å². The van der Waals surface area contributed by atoms with Crippen molar-refractivity contribution in [1.82, 2.24) is 5.32 Å². The van der Waals surface area contributed by atoms with Crippen LogP contribution in [0.25, 0.3) is 0 Å². The summed E-state index contributed by atoms with van der Waals surface area (Å²) < 4.78 is 0. The molecule has 1 rings (SSSR count). The highest BCUT2D eigenvalue weighted by Gasteiger charge is 2.17. The first kappa shape index (κ1) is 7.12. The largest absolute Gasteiger partial charge is 0.370 e. The van der Waals surface area contributed by atoms with E-state index in [2.05, 4.69) is 10.3 Å². The molecule has 0 fully saturated rings. The van der Waals surface area contributed by atoms with Gasteiger partial charge < -0.3 is 11.1 Å². The molecule has 0 bridgehead atoms. The molecule has 0 unspecified atom stereocenters. The van der Waals surface area contributed by atoms with Crippen LogP contribution in [0.4, 0.5) is 0 Å². The van der Waals surface area contributed by atoms with Gasteiger partial charge in [-0.15, -0.1) is 0 Å². The molecule has 1 heterocycles. The molecule has 0 aromatic rings. The Morgan fingerprint density at radius 1 is 1.60 bits per heavy atom. The number of rotatable bonds is 0. The zero-order valence-corrected chi connectivity index (χ0v) is 6.60. The number of hydrogen-bond donors (Lipinski definition) is 2. The average Bonchev–Trinajstić information content (AvgIpc) is 1.54. The molecule has 0 atom stereocenters. The van der Waals surface area contributed by atoms with Crippen molar-refractivity contribution in [2.75, 3.05) is 0 Å². The van der Waals surface area contributed by atoms with Crippen molar-refractivity contribution in [3.63, 3.8) is 0 Å². The van der Waals surface area contributed by atoms with E-state index in [0.717, 1.165) is 5.70 Å². The zero-order chi connectivity index (χ0) is 7.78. The maximum atomic E-state index is 5.50. The van der Waals surface area contributed by atoms with E-state index in [0.29, 0.717) is 5.96 Å². The van der Waals surface area contributed by atoms with Crippen molar-refractivity contribution in [1.29, 1.82) is 0 Å². The first-order valence-electron chi connectivity index (χ1n) is 3.31. The predicted octanol–water partition coefficient (Wildman–Crippen LogP) is 0.587. The number of allylic oxidation sites excluding steroid dienone is 1. The maximum absolute atomic E-state index is 5.50. The van der Waals surface area contributed by atoms with Crippen LogP contribution in [0.15, 0.2) is 16.8 Å². The summed E-state index contributed by atoms with van der Waals surface area (Å²) in [7, 11) is 0. The van der Waals surface area contributed by atoms with Gasteiger partial charge in [0, 0.05) is 5.70 Å². The quantitative estimate of drug-likeness (QED) is 0.516. The van der Waals surface area contributed by atoms with Crippen molar-refractivity contribution >= 4 is 5.96 Å². The Morgan fingerprint density at radius 2 is 2.20 bits per heavy atom. The van der Waals surface area contributed by atoms with E-state index in [4.69, 9.17) is 5.73 Å². The van der Waals surface area contributed by atoms with E-state index in [9.17, 15) is 0 Å². The predicted molar refractivity (Wildman–Crippen MR) is 42.6 cm³/mol. The van der Waals surface area contributed by atoms with E-state index in [1.807, 2.05) is 26.8 Å². The Kier molecular flexibility index (Phi) is 1.43. The van der Waals surface area contributed by atoms with Crippen molar-refractivity contribution in [2.45, 2.75) is 26.3 Å². The lowest BCUT2D eigenvalue weighted by Gasteiger charge is -2.22. The van der Waals surface area contributed by atoms with Gasteiger partial charge in [0.1, 0.15) is 0 Å². The van der Waals surface area contributed by atoms with Crippen LogP contribution in [0, 0.1) is 0 Å². The molecule has 1 aliphatic heterocycles. The van der Waals surface area contributed by atoms with Crippen molar-refractivity contribution in [3.05, 3.63) is 11.8 Å². The molecule has 0 spiro atoms. The third-order valence-electron chi connectivity index (χ3n) is 1.30. The normalized spacial score (nSPS) is 22.7. The number of nitrogens with two attached hydrogens (primary N) is 1. The third kappa shape index (κ3) is 1.50. The smallest absolute Gasteiger partial charge is 0.193 e. The second-order valence-electron chi connectivity index (χ2n) is 3.10. The molecule has 0 aromatic heterocycles. The monoisotopic (exact) mass is 139 g/mol. The Morgan fingerprint density at radius 3 is 2.60 bits per heavy atom. The van der Waals surface area contributed by atoms with Crippen molar-refractivity contribution in [2.24, 2.45) is 10.7 Å². The van der Waals surface area contributed by atoms with E-state index in [1.165, 1.54) is 0 Å². The van der Waals surface area contributed by atoms with E-state index >= 15 is 0 Å². The van der Waals surface area contributed by atoms with Gasteiger partial charge in [0.25, 0.3) is 0 Å². The fraction of sp³-hybridized carbons (Fsp3) is 0.571. The lowest BCUT2D eigenvalue weighted by Crippen LogP contribution is -2.38. The maximum Gasteiger partial charge on any atom is 0.193 e. The summed E-state index contributed by atoms with van der Waals surface area (Å²) in [6.45, 7) is 6.01. The first-order chi connectivity index (χ1) is 4.49. The van der Waals surface area contributed by atoms with Crippen LogP contribution < -0.4 is 11.1 Å². The molecule has 56 valence electrons. The van der Waals surface area contributed by atoms with Gasteiger partial charge >= 0.3 is 0 Å². The summed E-state index contributed by atoms with van der Waals surface area (Å²) >= 11 is 0. The summed E-state index contributed by atoms with van der Waals surface area (Å²) in [6, 6.07) is 0. The minimum Gasteiger partial charge on any atom is -0.370 e. The minimum atomic E-state index is -0.139. The van der Waals surface area contributed by atoms with Crippen LogP contribution in [0.2, 0.25) is 0 Å². The van der Waals surface area contributed by atoms with Crippen LogP contribution in [0.5, 0.6) is 0 Å². The summed E-state index contributed by atoms with van der Waals surface area (Å²) in [6.07, 6.45) is 2.04. The molecule has 0 amide bonds. The average molecular weight is 139 g/mol. The van der Waals surface area contributed by atoms with Crippen LogP contribution in [-0.2, 0) is 0 Å². The summed E-state index contributed by atoms with van der Waals surface area (Å²) in [5.74, 6) is 0.505. The van der Waals surface area contributed by atoms with Crippen molar-refractivity contribution in [3.8, 4) is 0 Å². The number of hydrogen-bond acceptors (Lipinski definition) is 3. The van der Waals surface area contributed by atoms with E-state index in [-0.39, 0.29) is 5.54 Å². The highest BCUT2D eigenvalue weighted by Crippen LogP contribution is 2.15. The Hall–Kier alpha value is -0.990. The molecule has 0 saturated heterocycles. The summed E-state index contributed by atoms with van der Waals surface area (Å²) in [5, 5.41) is 2.92. The topological polar surface area (TPSA) is 50.4 Å². The Bertz CT molecular complexity index is 181. The molecule has 0 saturated carbocycles. The zero-order valence-electron chi connectivity index (χ0n) is 6.60. The van der Waals surface area contributed by atoms with Gasteiger partial charge in [0.2, 0.25) is 0 Å². The van der Waals surface area contributed by atoms with Gasteiger partial charge in [0.05, 0.1) is 5.54 Å². The highest BCUT2D eigenvalue weighted by molar-refractivity contribution is 5.81. The molecule has 0 aromatic carbocycles. The number of aliphatic imine (C=N–C) groups is 1. The van der Waals surface area contributed by atoms with Crippen LogP contribution >= 0.6 is 0 Å². The summed E-state index contributed by atoms with van der Waals surface area (Å²) in [4.78, 5) is 4.17. The molecular formula is C7H13N3. The lowest BCUT2D eigenvalue weighted by molar-refractivity contribution is 0.629. The van der Waals surface area contributed by atoms with Crippen molar-refractivity contribution < 1.29 is 0 Å².